The second-order valence-electron chi connectivity index (χ2n) is 4.71. The van der Waals surface area contributed by atoms with E-state index in [1.54, 1.807) is 6.92 Å². The van der Waals surface area contributed by atoms with Crippen molar-refractivity contribution in [2.75, 3.05) is 5.75 Å². The van der Waals surface area contributed by atoms with Crippen LogP contribution in [0.3, 0.4) is 0 Å². The van der Waals surface area contributed by atoms with Gasteiger partial charge in [0.15, 0.2) is 0 Å². The maximum absolute atomic E-state index is 12.6. The number of nitro benzene ring substituents is 1. The van der Waals surface area contributed by atoms with E-state index in [-0.39, 0.29) is 22.2 Å². The number of hydrogen-bond donors (Lipinski definition) is 1. The van der Waals surface area contributed by atoms with E-state index in [1.165, 1.54) is 41.8 Å². The van der Waals surface area contributed by atoms with Gasteiger partial charge in [0.05, 0.1) is 10.3 Å². The molecule has 1 aliphatic heterocycles. The molecule has 1 amide bonds. The molecule has 0 aromatic heterocycles. The Morgan fingerprint density at radius 2 is 2.14 bits per heavy atom. The van der Waals surface area contributed by atoms with Crippen LogP contribution in [-0.4, -0.2) is 44.0 Å². The number of nitrogens with zero attached hydrogens (tertiary/aromatic N) is 2. The molecule has 21 heavy (non-hydrogen) atoms. The average Bonchev–Trinajstić information content (AvgIpc) is 2.80. The second kappa shape index (κ2) is 5.72. The van der Waals surface area contributed by atoms with Crippen molar-refractivity contribution in [2.24, 2.45) is 0 Å². The van der Waals surface area contributed by atoms with E-state index in [0.717, 1.165) is 0 Å². The zero-order valence-electron chi connectivity index (χ0n) is 11.5. The minimum atomic E-state index is -1.07. The fourth-order valence-corrected chi connectivity index (χ4v) is 3.50. The zero-order valence-corrected chi connectivity index (χ0v) is 12.3. The van der Waals surface area contributed by atoms with Crippen molar-refractivity contribution in [1.29, 1.82) is 0 Å². The molecule has 1 aromatic carbocycles. The topological polar surface area (TPSA) is 101 Å². The van der Waals surface area contributed by atoms with Crippen LogP contribution >= 0.6 is 11.8 Å². The monoisotopic (exact) mass is 310 g/mol. The van der Waals surface area contributed by atoms with E-state index in [2.05, 4.69) is 0 Å². The molecule has 2 unspecified atom stereocenters. The molecule has 0 saturated carbocycles. The van der Waals surface area contributed by atoms with E-state index >= 15 is 0 Å². The third kappa shape index (κ3) is 2.71. The third-order valence-electron chi connectivity index (χ3n) is 3.47. The van der Waals surface area contributed by atoms with E-state index in [4.69, 9.17) is 0 Å². The van der Waals surface area contributed by atoms with Crippen LogP contribution in [0.15, 0.2) is 18.2 Å². The van der Waals surface area contributed by atoms with Crippen molar-refractivity contribution in [3.05, 3.63) is 39.4 Å². The van der Waals surface area contributed by atoms with Gasteiger partial charge in [-0.15, -0.1) is 11.8 Å². The molecule has 1 fully saturated rings. The SMILES string of the molecule is Cc1c(C(=O)N2C(C)SCC2C(=O)O)cccc1[N+](=O)[O-]. The van der Waals surface area contributed by atoms with Gasteiger partial charge in [0.1, 0.15) is 6.04 Å². The number of carboxylic acids is 1. The summed E-state index contributed by atoms with van der Waals surface area (Å²) in [5.74, 6) is -1.24. The summed E-state index contributed by atoms with van der Waals surface area (Å²) in [6.07, 6.45) is 0. The Balaban J connectivity index is 2.42. The molecular weight excluding hydrogens is 296 g/mol. The quantitative estimate of drug-likeness (QED) is 0.676. The Bertz CT molecular complexity index is 619. The lowest BCUT2D eigenvalue weighted by Crippen LogP contribution is -2.45. The molecule has 7 nitrogen and oxygen atoms in total. The van der Waals surface area contributed by atoms with Crippen molar-refractivity contribution in [2.45, 2.75) is 25.3 Å². The van der Waals surface area contributed by atoms with Crippen LogP contribution in [0.1, 0.15) is 22.8 Å². The normalized spacial score (nSPS) is 21.3. The lowest BCUT2D eigenvalue weighted by Gasteiger charge is -2.25. The number of nitro groups is 1. The van der Waals surface area contributed by atoms with Gasteiger partial charge in [-0.05, 0) is 19.9 Å². The lowest BCUT2D eigenvalue weighted by molar-refractivity contribution is -0.385. The van der Waals surface area contributed by atoms with Gasteiger partial charge in [0.2, 0.25) is 0 Å². The highest BCUT2D eigenvalue weighted by Crippen LogP contribution is 2.32. The maximum atomic E-state index is 12.6. The molecule has 112 valence electrons. The lowest BCUT2D eigenvalue weighted by atomic mass is 10.0. The summed E-state index contributed by atoms with van der Waals surface area (Å²) < 4.78 is 0. The smallest absolute Gasteiger partial charge is 0.327 e. The zero-order chi connectivity index (χ0) is 15.7. The highest BCUT2D eigenvalue weighted by Gasteiger charge is 2.40. The number of aliphatic carboxylic acids is 1. The Hall–Kier alpha value is -2.09. The third-order valence-corrected chi connectivity index (χ3v) is 4.69. The number of carbonyl (C=O) groups excluding carboxylic acids is 1. The molecule has 0 bridgehead atoms. The Kier molecular flexibility index (Phi) is 4.17. The molecule has 8 heteroatoms. The minimum Gasteiger partial charge on any atom is -0.480 e. The summed E-state index contributed by atoms with van der Waals surface area (Å²) in [6, 6.07) is 3.33. The van der Waals surface area contributed by atoms with Crippen LogP contribution in [0, 0.1) is 17.0 Å². The summed E-state index contributed by atoms with van der Waals surface area (Å²) in [7, 11) is 0. The van der Waals surface area contributed by atoms with Gasteiger partial charge in [-0.1, -0.05) is 6.07 Å². The predicted octanol–water partition coefficient (Wildman–Crippen LogP) is 1.89. The van der Waals surface area contributed by atoms with Crippen molar-refractivity contribution in [3.63, 3.8) is 0 Å². The van der Waals surface area contributed by atoms with E-state index in [0.29, 0.717) is 5.75 Å². The maximum Gasteiger partial charge on any atom is 0.327 e. The highest BCUT2D eigenvalue weighted by molar-refractivity contribution is 8.00. The fraction of sp³-hybridized carbons (Fsp3) is 0.385. The number of hydrogen-bond acceptors (Lipinski definition) is 5. The summed E-state index contributed by atoms with van der Waals surface area (Å²) in [5.41, 5.74) is 0.276. The average molecular weight is 310 g/mol. The van der Waals surface area contributed by atoms with Crippen molar-refractivity contribution in [1.82, 2.24) is 4.90 Å². The van der Waals surface area contributed by atoms with Crippen LogP contribution in [0.2, 0.25) is 0 Å². The number of thioether (sulfide) groups is 1. The van der Waals surface area contributed by atoms with Gasteiger partial charge in [0.25, 0.3) is 11.6 Å². The Morgan fingerprint density at radius 1 is 1.48 bits per heavy atom. The number of carbonyl (C=O) groups is 2. The largest absolute Gasteiger partial charge is 0.480 e. The first-order valence-electron chi connectivity index (χ1n) is 6.25. The van der Waals surface area contributed by atoms with Crippen LogP contribution in [-0.2, 0) is 4.79 Å². The standard InChI is InChI=1S/C13H14N2O5S/c1-7-9(4-3-5-10(7)15(19)20)12(16)14-8(2)21-6-11(14)13(17)18/h3-5,8,11H,6H2,1-2H3,(H,17,18). The molecule has 0 aliphatic carbocycles. The Labute approximate surface area is 125 Å². The molecule has 0 spiro atoms. The molecule has 2 atom stereocenters. The van der Waals surface area contributed by atoms with Gasteiger partial charge >= 0.3 is 5.97 Å². The molecule has 0 radical (unpaired) electrons. The fourth-order valence-electron chi connectivity index (χ4n) is 2.33. The van der Waals surface area contributed by atoms with Gasteiger partial charge in [0, 0.05) is 22.9 Å². The van der Waals surface area contributed by atoms with Gasteiger partial charge in [-0.3, -0.25) is 14.9 Å². The van der Waals surface area contributed by atoms with Crippen molar-refractivity contribution < 1.29 is 19.6 Å². The number of rotatable bonds is 3. The summed E-state index contributed by atoms with van der Waals surface area (Å²) in [4.78, 5) is 35.5. The minimum absolute atomic E-state index is 0.146. The van der Waals surface area contributed by atoms with Gasteiger partial charge < -0.3 is 10.0 Å². The molecule has 1 aliphatic rings. The molecule has 1 heterocycles. The predicted molar refractivity (Wildman–Crippen MR) is 77.3 cm³/mol. The van der Waals surface area contributed by atoms with Crippen molar-refractivity contribution >= 4 is 29.3 Å². The van der Waals surface area contributed by atoms with Crippen LogP contribution in [0.4, 0.5) is 5.69 Å². The molecule has 1 saturated heterocycles. The number of amides is 1. The Morgan fingerprint density at radius 3 is 2.71 bits per heavy atom. The highest BCUT2D eigenvalue weighted by atomic mass is 32.2. The van der Waals surface area contributed by atoms with Gasteiger partial charge in [-0.25, -0.2) is 4.79 Å². The summed E-state index contributed by atoms with van der Waals surface area (Å²) in [6.45, 7) is 3.24. The van der Waals surface area contributed by atoms with E-state index in [9.17, 15) is 24.8 Å². The molecular formula is C13H14N2O5S. The van der Waals surface area contributed by atoms with E-state index < -0.39 is 22.8 Å². The van der Waals surface area contributed by atoms with Gasteiger partial charge in [-0.2, -0.15) is 0 Å². The van der Waals surface area contributed by atoms with Crippen LogP contribution in [0.25, 0.3) is 0 Å². The molecule has 1 aromatic rings. The van der Waals surface area contributed by atoms with Crippen LogP contribution in [0.5, 0.6) is 0 Å². The summed E-state index contributed by atoms with van der Waals surface area (Å²) in [5, 5.41) is 19.9. The summed E-state index contributed by atoms with van der Waals surface area (Å²) >= 11 is 1.37. The molecule has 1 N–H and O–H groups in total. The van der Waals surface area contributed by atoms with E-state index in [1.807, 2.05) is 0 Å². The first kappa shape index (κ1) is 15.3. The first-order valence-corrected chi connectivity index (χ1v) is 7.30. The number of carboxylic acid groups (broad SMARTS) is 1. The first-order chi connectivity index (χ1) is 9.84. The van der Waals surface area contributed by atoms with Crippen molar-refractivity contribution in [3.8, 4) is 0 Å². The number of benzene rings is 1. The molecule has 2 rings (SSSR count). The van der Waals surface area contributed by atoms with Crippen LogP contribution < -0.4 is 0 Å². The second-order valence-corrected chi connectivity index (χ2v) is 6.05.